The number of fused-ring (bicyclic) bond motifs is 1. The topological polar surface area (TPSA) is 71.4 Å². The third-order valence-corrected chi connectivity index (χ3v) is 7.70. The average Bonchev–Trinajstić information content (AvgIpc) is 3.13. The van der Waals surface area contributed by atoms with E-state index in [1.807, 2.05) is 61.1 Å². The monoisotopic (exact) mass is 425 g/mol. The van der Waals surface area contributed by atoms with Crippen LogP contribution in [-0.4, -0.2) is 36.3 Å². The molecule has 0 aliphatic carbocycles. The van der Waals surface area contributed by atoms with Crippen molar-refractivity contribution in [2.45, 2.75) is 31.2 Å². The number of amides is 1. The number of nitrogens with one attached hydrogen (secondary N) is 1. The molecule has 0 saturated carbocycles. The molecule has 1 aliphatic heterocycles. The maximum atomic E-state index is 13.2. The first kappa shape index (κ1) is 20.6. The maximum Gasteiger partial charge on any atom is 0.243 e. The standard InChI is InChI=1S/C23H27N3O3S/c1-17-5-7-18(8-6-17)15-24-23(27)20-4-3-12-26(16-20)30(28,29)21-9-10-22-19(14-21)11-13-25(22)2/h5-11,13-14,20H,3-4,12,15-16H2,1-2H3,(H,24,27)/t20-/m0/s1. The molecular weight excluding hydrogens is 398 g/mol. The van der Waals surface area contributed by atoms with E-state index in [1.165, 1.54) is 9.87 Å². The van der Waals surface area contributed by atoms with Crippen LogP contribution in [0, 0.1) is 12.8 Å². The van der Waals surface area contributed by atoms with Crippen molar-refractivity contribution in [1.29, 1.82) is 0 Å². The van der Waals surface area contributed by atoms with E-state index in [4.69, 9.17) is 0 Å². The van der Waals surface area contributed by atoms with Gasteiger partial charge in [-0.05, 0) is 49.6 Å². The van der Waals surface area contributed by atoms with Gasteiger partial charge in [0.2, 0.25) is 15.9 Å². The Morgan fingerprint density at radius 3 is 2.67 bits per heavy atom. The molecule has 3 aromatic rings. The Morgan fingerprint density at radius 2 is 1.90 bits per heavy atom. The summed E-state index contributed by atoms with van der Waals surface area (Å²) in [5, 5.41) is 3.86. The van der Waals surface area contributed by atoms with Crippen molar-refractivity contribution in [1.82, 2.24) is 14.2 Å². The van der Waals surface area contributed by atoms with E-state index in [0.717, 1.165) is 16.5 Å². The molecule has 0 unspecified atom stereocenters. The second-order valence-corrected chi connectivity index (χ2v) is 9.99. The van der Waals surface area contributed by atoms with Crippen molar-refractivity contribution >= 4 is 26.8 Å². The number of rotatable bonds is 5. The van der Waals surface area contributed by atoms with Crippen molar-refractivity contribution in [2.75, 3.05) is 13.1 Å². The van der Waals surface area contributed by atoms with Crippen LogP contribution in [-0.2, 0) is 28.4 Å². The number of hydrogen-bond donors (Lipinski definition) is 1. The lowest BCUT2D eigenvalue weighted by molar-refractivity contribution is -0.126. The fourth-order valence-corrected chi connectivity index (χ4v) is 5.54. The molecule has 7 heteroatoms. The van der Waals surface area contributed by atoms with Gasteiger partial charge in [-0.2, -0.15) is 4.31 Å². The fourth-order valence-electron chi connectivity index (χ4n) is 3.98. The molecule has 1 aliphatic rings. The van der Waals surface area contributed by atoms with E-state index in [-0.39, 0.29) is 23.3 Å². The Labute approximate surface area is 177 Å². The Balaban J connectivity index is 1.45. The Hall–Kier alpha value is -2.64. The van der Waals surface area contributed by atoms with Gasteiger partial charge in [-0.3, -0.25) is 4.79 Å². The zero-order valence-electron chi connectivity index (χ0n) is 17.3. The van der Waals surface area contributed by atoms with Crippen molar-refractivity contribution in [3.05, 3.63) is 65.9 Å². The van der Waals surface area contributed by atoms with Crippen LogP contribution < -0.4 is 5.32 Å². The van der Waals surface area contributed by atoms with Crippen LogP contribution in [0.2, 0.25) is 0 Å². The number of aryl methyl sites for hydroxylation is 2. The average molecular weight is 426 g/mol. The molecule has 4 rings (SSSR count). The fraction of sp³-hybridized carbons (Fsp3) is 0.348. The molecule has 2 heterocycles. The minimum atomic E-state index is -3.64. The summed E-state index contributed by atoms with van der Waals surface area (Å²) in [5.41, 5.74) is 3.19. The first-order chi connectivity index (χ1) is 14.3. The Morgan fingerprint density at radius 1 is 1.13 bits per heavy atom. The number of benzene rings is 2. The van der Waals surface area contributed by atoms with Gasteiger partial charge in [-0.25, -0.2) is 8.42 Å². The molecular formula is C23H27N3O3S. The van der Waals surface area contributed by atoms with Crippen LogP contribution in [0.1, 0.15) is 24.0 Å². The van der Waals surface area contributed by atoms with Gasteiger partial charge in [0.25, 0.3) is 0 Å². The SMILES string of the molecule is Cc1ccc(CNC(=O)[C@H]2CCCN(S(=O)(=O)c3ccc4c(ccn4C)c3)C2)cc1. The maximum absolute atomic E-state index is 13.2. The van der Waals surface area contributed by atoms with Crippen LogP contribution in [0.25, 0.3) is 10.9 Å². The summed E-state index contributed by atoms with van der Waals surface area (Å²) < 4.78 is 29.8. The van der Waals surface area contributed by atoms with Crippen molar-refractivity contribution in [3.63, 3.8) is 0 Å². The largest absolute Gasteiger partial charge is 0.352 e. The highest BCUT2D eigenvalue weighted by Crippen LogP contribution is 2.26. The number of aromatic nitrogens is 1. The van der Waals surface area contributed by atoms with E-state index in [1.54, 1.807) is 12.1 Å². The lowest BCUT2D eigenvalue weighted by atomic mass is 9.98. The van der Waals surface area contributed by atoms with Gasteiger partial charge in [0.05, 0.1) is 10.8 Å². The van der Waals surface area contributed by atoms with Crippen molar-refractivity contribution in [2.24, 2.45) is 13.0 Å². The smallest absolute Gasteiger partial charge is 0.243 e. The Kier molecular flexibility index (Phi) is 5.66. The molecule has 0 spiro atoms. The van der Waals surface area contributed by atoms with Gasteiger partial charge in [0.1, 0.15) is 0 Å². The normalized spacial score (nSPS) is 17.9. The van der Waals surface area contributed by atoms with Gasteiger partial charge in [0.15, 0.2) is 0 Å². The van der Waals surface area contributed by atoms with Crippen molar-refractivity contribution in [3.8, 4) is 0 Å². The summed E-state index contributed by atoms with van der Waals surface area (Å²) in [4.78, 5) is 13.0. The predicted molar refractivity (Wildman–Crippen MR) is 117 cm³/mol. The Bertz CT molecular complexity index is 1170. The molecule has 1 atom stereocenters. The lowest BCUT2D eigenvalue weighted by Crippen LogP contribution is -2.45. The number of sulfonamides is 1. The third-order valence-electron chi connectivity index (χ3n) is 5.84. The van der Waals surface area contributed by atoms with Gasteiger partial charge < -0.3 is 9.88 Å². The quantitative estimate of drug-likeness (QED) is 0.682. The summed E-state index contributed by atoms with van der Waals surface area (Å²) in [6, 6.07) is 15.1. The van der Waals surface area contributed by atoms with Crippen LogP contribution in [0.15, 0.2) is 59.6 Å². The predicted octanol–water partition coefficient (Wildman–Crippen LogP) is 3.20. The van der Waals surface area contributed by atoms with Gasteiger partial charge >= 0.3 is 0 Å². The molecule has 0 bridgehead atoms. The second kappa shape index (κ2) is 8.24. The van der Waals surface area contributed by atoms with E-state index in [9.17, 15) is 13.2 Å². The van der Waals surface area contributed by atoms with Crippen LogP contribution in [0.3, 0.4) is 0 Å². The molecule has 0 radical (unpaired) electrons. The molecule has 1 amide bonds. The van der Waals surface area contributed by atoms with E-state index in [0.29, 0.717) is 25.9 Å². The summed E-state index contributed by atoms with van der Waals surface area (Å²) in [6.07, 6.45) is 3.29. The van der Waals surface area contributed by atoms with E-state index >= 15 is 0 Å². The number of hydrogen-bond acceptors (Lipinski definition) is 3. The van der Waals surface area contributed by atoms with E-state index in [2.05, 4.69) is 5.32 Å². The first-order valence-electron chi connectivity index (χ1n) is 10.2. The number of carbonyl (C=O) groups is 1. The zero-order valence-corrected chi connectivity index (χ0v) is 18.2. The minimum absolute atomic E-state index is 0.0889. The highest BCUT2D eigenvalue weighted by molar-refractivity contribution is 7.89. The van der Waals surface area contributed by atoms with Gasteiger partial charge in [-0.15, -0.1) is 0 Å². The number of nitrogens with zero attached hydrogens (tertiary/aromatic N) is 2. The molecule has 158 valence electrons. The third kappa shape index (κ3) is 4.13. The van der Waals surface area contributed by atoms with Gasteiger partial charge in [0, 0.05) is 43.8 Å². The molecule has 1 fully saturated rings. The summed E-state index contributed by atoms with van der Waals surface area (Å²) in [7, 11) is -1.71. The molecule has 6 nitrogen and oxygen atoms in total. The summed E-state index contributed by atoms with van der Waals surface area (Å²) >= 11 is 0. The van der Waals surface area contributed by atoms with E-state index < -0.39 is 10.0 Å². The number of carbonyl (C=O) groups excluding carboxylic acids is 1. The highest BCUT2D eigenvalue weighted by Gasteiger charge is 2.33. The lowest BCUT2D eigenvalue weighted by Gasteiger charge is -2.31. The molecule has 1 N–H and O–H groups in total. The molecule has 30 heavy (non-hydrogen) atoms. The molecule has 1 aromatic heterocycles. The zero-order chi connectivity index (χ0) is 21.3. The van der Waals surface area contributed by atoms with Crippen LogP contribution in [0.4, 0.5) is 0 Å². The second-order valence-electron chi connectivity index (χ2n) is 8.05. The van der Waals surface area contributed by atoms with Gasteiger partial charge in [-0.1, -0.05) is 29.8 Å². The molecule has 2 aromatic carbocycles. The summed E-state index contributed by atoms with van der Waals surface area (Å²) in [6.45, 7) is 3.13. The van der Waals surface area contributed by atoms with Crippen LogP contribution in [0.5, 0.6) is 0 Å². The number of piperidine rings is 1. The molecule has 1 saturated heterocycles. The first-order valence-corrected chi connectivity index (χ1v) is 11.7. The van der Waals surface area contributed by atoms with Crippen molar-refractivity contribution < 1.29 is 13.2 Å². The van der Waals surface area contributed by atoms with Crippen LogP contribution >= 0.6 is 0 Å². The minimum Gasteiger partial charge on any atom is -0.352 e. The highest BCUT2D eigenvalue weighted by atomic mass is 32.2. The summed E-state index contributed by atoms with van der Waals surface area (Å²) in [5.74, 6) is -0.423.